The van der Waals surface area contributed by atoms with Crippen LogP contribution < -0.4 is 0 Å². The zero-order chi connectivity index (χ0) is 16.9. The van der Waals surface area contributed by atoms with Gasteiger partial charge in [-0.25, -0.2) is 4.79 Å². The average Bonchev–Trinajstić information content (AvgIpc) is 2.86. The number of rotatable bonds is 2. The molecule has 0 aromatic heterocycles. The van der Waals surface area contributed by atoms with Crippen LogP contribution >= 0.6 is 0 Å². The van der Waals surface area contributed by atoms with Crippen LogP contribution in [0.3, 0.4) is 0 Å². The fraction of sp³-hybridized carbons (Fsp3) is 0.562. The number of fused-ring (bicyclic) bond motifs is 3. The quantitative estimate of drug-likeness (QED) is 0.695. The van der Waals surface area contributed by atoms with E-state index in [2.05, 4.69) is 0 Å². The largest absolute Gasteiger partial charge is 0.452 e. The lowest BCUT2D eigenvalue weighted by Gasteiger charge is -2.50. The van der Waals surface area contributed by atoms with Crippen LogP contribution in [0.1, 0.15) is 11.9 Å². The van der Waals surface area contributed by atoms with Gasteiger partial charge in [-0.1, -0.05) is 30.3 Å². The summed E-state index contributed by atoms with van der Waals surface area (Å²) in [5.41, 5.74) is -1.22. The molecule has 3 fully saturated rings. The standard InChI is InChI=1S/C16H18O8/c1-20-15-12-16(19,10(17)13(18)23-12)11-9(22-15)7-21-14(24-11)8-5-3-2-4-6-8/h2-6,9-12,14-15,17,19H,7H2,1H3/t9-,10-,11-,12+,14-,15+,16+/m1/s1. The molecule has 7 atom stereocenters. The van der Waals surface area contributed by atoms with Crippen molar-refractivity contribution in [1.29, 1.82) is 0 Å². The van der Waals surface area contributed by atoms with Gasteiger partial charge >= 0.3 is 5.97 Å². The van der Waals surface area contributed by atoms with Crippen molar-refractivity contribution in [2.45, 2.75) is 42.6 Å². The van der Waals surface area contributed by atoms with Crippen molar-refractivity contribution in [2.24, 2.45) is 0 Å². The van der Waals surface area contributed by atoms with Crippen molar-refractivity contribution in [1.82, 2.24) is 0 Å². The monoisotopic (exact) mass is 338 g/mol. The number of carbonyl (C=O) groups excluding carboxylic acids is 1. The number of hydrogen-bond acceptors (Lipinski definition) is 8. The second-order valence-corrected chi connectivity index (χ2v) is 6.06. The van der Waals surface area contributed by atoms with Crippen molar-refractivity contribution in [3.63, 3.8) is 0 Å². The summed E-state index contributed by atoms with van der Waals surface area (Å²) in [5.74, 6) is -0.930. The van der Waals surface area contributed by atoms with Gasteiger partial charge in [0.2, 0.25) is 0 Å². The molecule has 0 radical (unpaired) electrons. The molecule has 1 aromatic rings. The van der Waals surface area contributed by atoms with Crippen LogP contribution in [0.25, 0.3) is 0 Å². The van der Waals surface area contributed by atoms with Crippen molar-refractivity contribution < 1.29 is 38.7 Å². The maximum Gasteiger partial charge on any atom is 0.338 e. The molecule has 130 valence electrons. The molecule has 0 saturated carbocycles. The fourth-order valence-electron chi connectivity index (χ4n) is 3.47. The van der Waals surface area contributed by atoms with E-state index in [9.17, 15) is 15.0 Å². The van der Waals surface area contributed by atoms with Gasteiger partial charge in [0.25, 0.3) is 0 Å². The zero-order valence-corrected chi connectivity index (χ0v) is 12.9. The molecule has 3 aliphatic rings. The van der Waals surface area contributed by atoms with Crippen LogP contribution in [-0.4, -0.2) is 66.2 Å². The van der Waals surface area contributed by atoms with Gasteiger partial charge in [0.1, 0.15) is 12.2 Å². The average molecular weight is 338 g/mol. The first-order valence-electron chi connectivity index (χ1n) is 7.67. The molecule has 2 N–H and O–H groups in total. The molecule has 0 bridgehead atoms. The third-order valence-electron chi connectivity index (χ3n) is 4.70. The Labute approximate surface area is 137 Å². The van der Waals surface area contributed by atoms with Crippen LogP contribution in [-0.2, 0) is 28.5 Å². The lowest BCUT2D eigenvalue weighted by Crippen LogP contribution is -2.71. The zero-order valence-electron chi connectivity index (χ0n) is 12.9. The van der Waals surface area contributed by atoms with Gasteiger partial charge in [-0.2, -0.15) is 0 Å². The highest BCUT2D eigenvalue weighted by Crippen LogP contribution is 2.45. The fourth-order valence-corrected chi connectivity index (χ4v) is 3.47. The predicted molar refractivity (Wildman–Crippen MR) is 76.5 cm³/mol. The molecule has 4 rings (SSSR count). The van der Waals surface area contributed by atoms with Crippen LogP contribution in [0, 0.1) is 0 Å². The Morgan fingerprint density at radius 3 is 2.67 bits per heavy atom. The normalized spacial score (nSPS) is 44.5. The first-order chi connectivity index (χ1) is 11.6. The summed E-state index contributed by atoms with van der Waals surface area (Å²) in [4.78, 5) is 11.8. The van der Waals surface area contributed by atoms with Gasteiger partial charge in [0.15, 0.2) is 30.4 Å². The third-order valence-corrected chi connectivity index (χ3v) is 4.70. The Hall–Kier alpha value is -1.55. The Bertz CT molecular complexity index is 622. The number of carbonyl (C=O) groups is 1. The Balaban J connectivity index is 1.66. The van der Waals surface area contributed by atoms with E-state index in [1.165, 1.54) is 7.11 Å². The summed E-state index contributed by atoms with van der Waals surface area (Å²) < 4.78 is 27.4. The molecule has 8 nitrogen and oxygen atoms in total. The lowest BCUT2D eigenvalue weighted by atomic mass is 9.81. The van der Waals surface area contributed by atoms with Crippen molar-refractivity contribution in [3.8, 4) is 0 Å². The minimum absolute atomic E-state index is 0.111. The van der Waals surface area contributed by atoms with Gasteiger partial charge in [0.05, 0.1) is 6.61 Å². The number of hydrogen-bond donors (Lipinski definition) is 2. The summed E-state index contributed by atoms with van der Waals surface area (Å²) in [7, 11) is 1.36. The van der Waals surface area contributed by atoms with E-state index in [1.807, 2.05) is 30.3 Å². The summed E-state index contributed by atoms with van der Waals surface area (Å²) in [6.07, 6.45) is -6.40. The van der Waals surface area contributed by atoms with Crippen LogP contribution in [0.15, 0.2) is 30.3 Å². The Kier molecular flexibility index (Phi) is 3.83. The van der Waals surface area contributed by atoms with Gasteiger partial charge < -0.3 is 33.9 Å². The van der Waals surface area contributed by atoms with E-state index < -0.39 is 48.6 Å². The number of aliphatic hydroxyl groups is 2. The van der Waals surface area contributed by atoms with Crippen molar-refractivity contribution in [2.75, 3.05) is 13.7 Å². The second kappa shape index (κ2) is 5.76. The third kappa shape index (κ3) is 2.19. The van der Waals surface area contributed by atoms with E-state index in [1.54, 1.807) is 0 Å². The number of esters is 1. The maximum absolute atomic E-state index is 11.8. The minimum atomic E-state index is -1.97. The van der Waals surface area contributed by atoms with Gasteiger partial charge in [-0.3, -0.25) is 0 Å². The van der Waals surface area contributed by atoms with E-state index in [-0.39, 0.29) is 6.61 Å². The molecule has 0 aliphatic carbocycles. The van der Waals surface area contributed by atoms with E-state index >= 15 is 0 Å². The van der Waals surface area contributed by atoms with Crippen molar-refractivity contribution >= 4 is 5.97 Å². The highest BCUT2D eigenvalue weighted by atomic mass is 16.8. The molecule has 24 heavy (non-hydrogen) atoms. The predicted octanol–water partition coefficient (Wildman–Crippen LogP) is -0.511. The highest BCUT2D eigenvalue weighted by Gasteiger charge is 2.69. The van der Waals surface area contributed by atoms with Crippen LogP contribution in [0.2, 0.25) is 0 Å². The summed E-state index contributed by atoms with van der Waals surface area (Å²) in [6, 6.07) is 9.17. The molecular formula is C16H18O8. The molecule has 0 amide bonds. The molecule has 0 spiro atoms. The van der Waals surface area contributed by atoms with E-state index in [0.717, 1.165) is 5.56 Å². The van der Waals surface area contributed by atoms with Crippen LogP contribution in [0.4, 0.5) is 0 Å². The molecule has 0 unspecified atom stereocenters. The van der Waals surface area contributed by atoms with Crippen LogP contribution in [0.5, 0.6) is 0 Å². The summed E-state index contributed by atoms with van der Waals surface area (Å²) >= 11 is 0. The number of aliphatic hydroxyl groups excluding tert-OH is 1. The van der Waals surface area contributed by atoms with E-state index in [0.29, 0.717) is 0 Å². The smallest absolute Gasteiger partial charge is 0.338 e. The van der Waals surface area contributed by atoms with Crippen molar-refractivity contribution in [3.05, 3.63) is 35.9 Å². The Morgan fingerprint density at radius 1 is 1.21 bits per heavy atom. The van der Waals surface area contributed by atoms with Gasteiger partial charge in [0, 0.05) is 12.7 Å². The SMILES string of the molecule is CO[C@H]1O[C@@H]2CO[C@@H](c3ccccc3)O[C@H]2[C@@]2(O)[C@H](O)C(=O)O[C@@H]12. The molecule has 8 heteroatoms. The highest BCUT2D eigenvalue weighted by molar-refractivity contribution is 5.79. The summed E-state index contributed by atoms with van der Waals surface area (Å²) in [6.45, 7) is 0.111. The first-order valence-corrected chi connectivity index (χ1v) is 7.67. The molecular weight excluding hydrogens is 320 g/mol. The van der Waals surface area contributed by atoms with Gasteiger partial charge in [-0.15, -0.1) is 0 Å². The lowest BCUT2D eigenvalue weighted by molar-refractivity contribution is -0.380. The molecule has 1 aromatic carbocycles. The number of methoxy groups -OCH3 is 1. The first kappa shape index (κ1) is 15.9. The molecule has 3 heterocycles. The van der Waals surface area contributed by atoms with Gasteiger partial charge in [-0.05, 0) is 0 Å². The maximum atomic E-state index is 11.8. The number of benzene rings is 1. The Morgan fingerprint density at radius 2 is 1.96 bits per heavy atom. The molecule has 3 saturated heterocycles. The van der Waals surface area contributed by atoms with E-state index in [4.69, 9.17) is 23.7 Å². The second-order valence-electron chi connectivity index (χ2n) is 6.06. The molecule has 3 aliphatic heterocycles. The number of ether oxygens (including phenoxy) is 5. The summed E-state index contributed by atoms with van der Waals surface area (Å²) in [5, 5.41) is 21.3. The minimum Gasteiger partial charge on any atom is -0.452 e. The topological polar surface area (TPSA) is 104 Å².